The van der Waals surface area contributed by atoms with Crippen molar-refractivity contribution in [1.29, 1.82) is 0 Å². The van der Waals surface area contributed by atoms with Crippen molar-refractivity contribution in [2.75, 3.05) is 20.1 Å². The molecule has 1 aliphatic rings. The first-order chi connectivity index (χ1) is 10.7. The van der Waals surface area contributed by atoms with E-state index in [1.807, 2.05) is 7.05 Å². The number of hydrogen-bond donors (Lipinski definition) is 2. The summed E-state index contributed by atoms with van der Waals surface area (Å²) >= 11 is 0. The molecule has 0 saturated carbocycles. The molecule has 0 aliphatic carbocycles. The Morgan fingerprint density at radius 3 is 2.39 bits per heavy atom. The predicted octanol–water partition coefficient (Wildman–Crippen LogP) is 2.79. The molecule has 0 amide bonds. The van der Waals surface area contributed by atoms with Crippen molar-refractivity contribution in [2.24, 2.45) is 4.99 Å². The van der Waals surface area contributed by atoms with Crippen LogP contribution in [0.1, 0.15) is 45.7 Å². The summed E-state index contributed by atoms with van der Waals surface area (Å²) in [5.74, 6) is 0.864. The minimum atomic E-state index is 0.00997. The summed E-state index contributed by atoms with van der Waals surface area (Å²) < 4.78 is 0. The lowest BCUT2D eigenvalue weighted by molar-refractivity contribution is 0.107. The molecule has 2 N–H and O–H groups in total. The molecule has 0 aromatic heterocycles. The van der Waals surface area contributed by atoms with Gasteiger partial charge in [0.1, 0.15) is 0 Å². The molecule has 4 nitrogen and oxygen atoms in total. The summed E-state index contributed by atoms with van der Waals surface area (Å²) in [5, 5.41) is 6.90. The van der Waals surface area contributed by atoms with E-state index < -0.39 is 0 Å². The monoisotopic (exact) mass is 316 g/mol. The van der Waals surface area contributed by atoms with Crippen molar-refractivity contribution >= 4 is 5.96 Å². The van der Waals surface area contributed by atoms with Gasteiger partial charge in [-0.05, 0) is 52.2 Å². The highest BCUT2D eigenvalue weighted by atomic mass is 15.3. The molecule has 0 fully saturated rings. The van der Waals surface area contributed by atoms with Crippen LogP contribution in [0.4, 0.5) is 0 Å². The van der Waals surface area contributed by atoms with Gasteiger partial charge < -0.3 is 10.6 Å². The van der Waals surface area contributed by atoms with Gasteiger partial charge in [0.2, 0.25) is 0 Å². The first-order valence-electron chi connectivity index (χ1n) is 8.52. The summed E-state index contributed by atoms with van der Waals surface area (Å²) in [5.41, 5.74) is 3.04. The SMILES string of the molecule is CN=C(NCC(C)(C)N1CCc2ccccc2C1)NC(C)(C)C. The Kier molecular flexibility index (Phi) is 5.35. The lowest BCUT2D eigenvalue weighted by atomic mass is 9.94. The van der Waals surface area contributed by atoms with Crippen molar-refractivity contribution in [2.45, 2.75) is 58.7 Å². The molecule has 23 heavy (non-hydrogen) atoms. The first kappa shape index (κ1) is 17.8. The van der Waals surface area contributed by atoms with Gasteiger partial charge in [-0.3, -0.25) is 9.89 Å². The van der Waals surface area contributed by atoms with Crippen molar-refractivity contribution in [3.05, 3.63) is 35.4 Å². The molecule has 0 saturated heterocycles. The lowest BCUT2D eigenvalue weighted by Crippen LogP contribution is -2.56. The quantitative estimate of drug-likeness (QED) is 0.665. The Balaban J connectivity index is 1.97. The Morgan fingerprint density at radius 2 is 1.78 bits per heavy atom. The van der Waals surface area contributed by atoms with Gasteiger partial charge in [0.25, 0.3) is 0 Å². The maximum Gasteiger partial charge on any atom is 0.191 e. The number of guanidine groups is 1. The van der Waals surface area contributed by atoms with Gasteiger partial charge >= 0.3 is 0 Å². The van der Waals surface area contributed by atoms with Crippen LogP contribution in [-0.2, 0) is 13.0 Å². The van der Waals surface area contributed by atoms with Crippen molar-refractivity contribution in [3.63, 3.8) is 0 Å². The topological polar surface area (TPSA) is 39.7 Å². The Labute approximate surface area is 141 Å². The van der Waals surface area contributed by atoms with Gasteiger partial charge in [0.05, 0.1) is 0 Å². The summed E-state index contributed by atoms with van der Waals surface area (Å²) in [7, 11) is 1.82. The van der Waals surface area contributed by atoms with Crippen LogP contribution in [0.5, 0.6) is 0 Å². The highest BCUT2D eigenvalue weighted by molar-refractivity contribution is 5.80. The normalized spacial score (nSPS) is 16.9. The number of benzene rings is 1. The predicted molar refractivity (Wildman–Crippen MR) is 98.9 cm³/mol. The Bertz CT molecular complexity index is 555. The number of nitrogens with one attached hydrogen (secondary N) is 2. The van der Waals surface area contributed by atoms with Crippen LogP contribution < -0.4 is 10.6 Å². The van der Waals surface area contributed by atoms with Gasteiger partial charge in [0, 0.05) is 37.8 Å². The summed E-state index contributed by atoms with van der Waals surface area (Å²) in [4.78, 5) is 6.90. The van der Waals surface area contributed by atoms with Gasteiger partial charge in [-0.1, -0.05) is 24.3 Å². The second kappa shape index (κ2) is 6.91. The number of rotatable bonds is 3. The van der Waals surface area contributed by atoms with E-state index in [2.05, 4.69) is 79.4 Å². The molecule has 0 spiro atoms. The third kappa shape index (κ3) is 4.96. The van der Waals surface area contributed by atoms with Crippen LogP contribution in [0.15, 0.2) is 29.3 Å². The fourth-order valence-corrected chi connectivity index (χ4v) is 2.96. The van der Waals surface area contributed by atoms with Crippen LogP contribution in [-0.4, -0.2) is 42.1 Å². The van der Waals surface area contributed by atoms with Gasteiger partial charge in [0.15, 0.2) is 5.96 Å². The summed E-state index contributed by atoms with van der Waals surface area (Å²) in [6, 6.07) is 8.80. The smallest absolute Gasteiger partial charge is 0.191 e. The second-order valence-corrected chi connectivity index (χ2v) is 8.05. The highest BCUT2D eigenvalue weighted by Gasteiger charge is 2.30. The van der Waals surface area contributed by atoms with Gasteiger partial charge in [-0.2, -0.15) is 0 Å². The van der Waals surface area contributed by atoms with Crippen LogP contribution in [0.3, 0.4) is 0 Å². The number of nitrogens with zero attached hydrogens (tertiary/aromatic N) is 2. The molecule has 0 radical (unpaired) electrons. The zero-order valence-electron chi connectivity index (χ0n) is 15.5. The molecular weight excluding hydrogens is 284 g/mol. The third-order valence-corrected chi connectivity index (χ3v) is 4.39. The van der Waals surface area contributed by atoms with Crippen LogP contribution in [0.25, 0.3) is 0 Å². The molecule has 128 valence electrons. The summed E-state index contributed by atoms with van der Waals surface area (Å²) in [6.45, 7) is 14.0. The molecule has 1 aliphatic heterocycles. The second-order valence-electron chi connectivity index (χ2n) is 8.05. The van der Waals surface area contributed by atoms with E-state index in [9.17, 15) is 0 Å². The Hall–Kier alpha value is -1.55. The van der Waals surface area contributed by atoms with Crippen molar-refractivity contribution in [3.8, 4) is 0 Å². The third-order valence-electron chi connectivity index (χ3n) is 4.39. The van der Waals surface area contributed by atoms with Crippen LogP contribution in [0, 0.1) is 0 Å². The minimum absolute atomic E-state index is 0.00997. The largest absolute Gasteiger partial charge is 0.355 e. The van der Waals surface area contributed by atoms with Crippen LogP contribution in [0.2, 0.25) is 0 Å². The fourth-order valence-electron chi connectivity index (χ4n) is 2.96. The minimum Gasteiger partial charge on any atom is -0.355 e. The maximum absolute atomic E-state index is 4.33. The van der Waals surface area contributed by atoms with Gasteiger partial charge in [-0.15, -0.1) is 0 Å². The first-order valence-corrected chi connectivity index (χ1v) is 8.52. The van der Waals surface area contributed by atoms with E-state index in [-0.39, 0.29) is 11.1 Å². The average Bonchev–Trinajstić information content (AvgIpc) is 2.50. The molecule has 0 unspecified atom stereocenters. The molecule has 4 heteroatoms. The zero-order chi connectivity index (χ0) is 17.1. The van der Waals surface area contributed by atoms with Gasteiger partial charge in [-0.25, -0.2) is 0 Å². The zero-order valence-corrected chi connectivity index (χ0v) is 15.5. The van der Waals surface area contributed by atoms with E-state index in [0.717, 1.165) is 32.0 Å². The molecule has 0 bridgehead atoms. The van der Waals surface area contributed by atoms with E-state index in [1.54, 1.807) is 0 Å². The standard InChI is InChI=1S/C19H32N4/c1-18(2,3)22-17(20-6)21-14-19(4,5)23-12-11-15-9-7-8-10-16(15)13-23/h7-10H,11-14H2,1-6H3,(H2,20,21,22). The van der Waals surface area contributed by atoms with E-state index in [0.29, 0.717) is 0 Å². The number of hydrogen-bond acceptors (Lipinski definition) is 2. The highest BCUT2D eigenvalue weighted by Crippen LogP contribution is 2.24. The molecule has 2 rings (SSSR count). The Morgan fingerprint density at radius 1 is 1.13 bits per heavy atom. The van der Waals surface area contributed by atoms with E-state index in [4.69, 9.17) is 0 Å². The molecule has 1 aromatic rings. The average molecular weight is 316 g/mol. The molecule has 1 aromatic carbocycles. The number of fused-ring (bicyclic) bond motifs is 1. The van der Waals surface area contributed by atoms with E-state index >= 15 is 0 Å². The summed E-state index contributed by atoms with van der Waals surface area (Å²) in [6.07, 6.45) is 1.13. The molecule has 0 atom stereocenters. The maximum atomic E-state index is 4.33. The lowest BCUT2D eigenvalue weighted by Gasteiger charge is -2.42. The number of aliphatic imine (C=N–C) groups is 1. The van der Waals surface area contributed by atoms with E-state index in [1.165, 1.54) is 11.1 Å². The molecular formula is C19H32N4. The van der Waals surface area contributed by atoms with Crippen molar-refractivity contribution < 1.29 is 0 Å². The fraction of sp³-hybridized carbons (Fsp3) is 0.632. The van der Waals surface area contributed by atoms with Crippen molar-refractivity contribution in [1.82, 2.24) is 15.5 Å². The van der Waals surface area contributed by atoms with Crippen LogP contribution >= 0.6 is 0 Å². The molecule has 1 heterocycles.